The molecule has 0 aliphatic carbocycles. The average molecular weight is 215 g/mol. The molecule has 0 saturated carbocycles. The Morgan fingerprint density at radius 3 is 2.86 bits per heavy atom. The molecule has 0 radical (unpaired) electrons. The average Bonchev–Trinajstić information content (AvgIpc) is 2.52. The molecule has 0 amide bonds. The summed E-state index contributed by atoms with van der Waals surface area (Å²) in [6.07, 6.45) is 2.48. The van der Waals surface area contributed by atoms with E-state index >= 15 is 0 Å². The van der Waals surface area contributed by atoms with E-state index in [1.165, 1.54) is 0 Å². The summed E-state index contributed by atoms with van der Waals surface area (Å²) in [4.78, 5) is 1.15. The second kappa shape index (κ2) is 4.87. The van der Waals surface area contributed by atoms with E-state index in [2.05, 4.69) is 0 Å². The van der Waals surface area contributed by atoms with Crippen LogP contribution in [0.25, 0.3) is 0 Å². The van der Waals surface area contributed by atoms with Gasteiger partial charge in [0.15, 0.2) is 0 Å². The molecule has 1 rings (SSSR count). The normalized spacial score (nSPS) is 15.4. The molecule has 0 aliphatic rings. The van der Waals surface area contributed by atoms with Gasteiger partial charge in [0.05, 0.1) is 12.9 Å². The van der Waals surface area contributed by atoms with Gasteiger partial charge in [-0.15, -0.1) is 11.8 Å². The van der Waals surface area contributed by atoms with Gasteiger partial charge >= 0.3 is 0 Å². The summed E-state index contributed by atoms with van der Waals surface area (Å²) in [7, 11) is 0. The van der Waals surface area contributed by atoms with E-state index in [-0.39, 0.29) is 6.61 Å². The number of aliphatic hydroxyl groups excluding tert-OH is 1. The molecule has 3 N–H and O–H groups in total. The summed E-state index contributed by atoms with van der Waals surface area (Å²) in [5, 5.41) is 8.95. The number of nitrogens with two attached hydrogens (primary N) is 1. The predicted molar refractivity (Wildman–Crippen MR) is 58.5 cm³/mol. The van der Waals surface area contributed by atoms with Crippen molar-refractivity contribution in [3.63, 3.8) is 0 Å². The number of aliphatic hydroxyl groups is 1. The van der Waals surface area contributed by atoms with Crippen LogP contribution in [-0.2, 0) is 0 Å². The number of aryl methyl sites for hydroxylation is 1. The minimum Gasteiger partial charge on any atom is -0.468 e. The maximum absolute atomic E-state index is 8.95. The second-order valence-corrected chi connectivity index (χ2v) is 4.89. The van der Waals surface area contributed by atoms with Gasteiger partial charge in [0.2, 0.25) is 0 Å². The molecule has 0 aromatic carbocycles. The van der Waals surface area contributed by atoms with Crippen LogP contribution in [0.3, 0.4) is 0 Å². The Morgan fingerprint density at radius 2 is 2.36 bits per heavy atom. The van der Waals surface area contributed by atoms with E-state index in [1.54, 1.807) is 18.0 Å². The van der Waals surface area contributed by atoms with E-state index in [4.69, 9.17) is 15.3 Å². The lowest BCUT2D eigenvalue weighted by molar-refractivity contribution is 0.206. The second-order valence-electron chi connectivity index (χ2n) is 3.75. The van der Waals surface area contributed by atoms with Crippen molar-refractivity contribution >= 4 is 11.8 Å². The minimum atomic E-state index is -0.468. The van der Waals surface area contributed by atoms with Crippen LogP contribution in [0.2, 0.25) is 0 Å². The predicted octanol–water partition coefficient (Wildman–Crippen LogP) is 1.78. The summed E-state index contributed by atoms with van der Waals surface area (Å²) in [6.45, 7) is 3.82. The lowest BCUT2D eigenvalue weighted by Gasteiger charge is -2.20. The van der Waals surface area contributed by atoms with Crippen molar-refractivity contribution in [2.75, 3.05) is 12.4 Å². The van der Waals surface area contributed by atoms with Crippen LogP contribution in [0.1, 0.15) is 19.1 Å². The van der Waals surface area contributed by atoms with E-state index in [0.29, 0.717) is 0 Å². The number of hydrogen-bond acceptors (Lipinski definition) is 4. The van der Waals surface area contributed by atoms with E-state index in [0.717, 1.165) is 22.8 Å². The summed E-state index contributed by atoms with van der Waals surface area (Å²) < 4.78 is 5.17. The molecular formula is C10H17NO2S. The highest BCUT2D eigenvalue weighted by Gasteiger charge is 2.16. The fourth-order valence-corrected chi connectivity index (χ4v) is 2.19. The highest BCUT2D eigenvalue weighted by Crippen LogP contribution is 2.24. The zero-order chi connectivity index (χ0) is 10.6. The van der Waals surface area contributed by atoms with E-state index in [1.807, 2.05) is 19.9 Å². The van der Waals surface area contributed by atoms with Crippen LogP contribution in [0.4, 0.5) is 0 Å². The fourth-order valence-electron chi connectivity index (χ4n) is 0.996. The van der Waals surface area contributed by atoms with Crippen molar-refractivity contribution < 1.29 is 9.52 Å². The van der Waals surface area contributed by atoms with Crippen molar-refractivity contribution in [3.05, 3.63) is 18.1 Å². The van der Waals surface area contributed by atoms with Gasteiger partial charge in [-0.3, -0.25) is 0 Å². The number of rotatable bonds is 5. The maximum atomic E-state index is 8.95. The Kier molecular flexibility index (Phi) is 4.04. The van der Waals surface area contributed by atoms with Crippen molar-refractivity contribution in [2.45, 2.75) is 30.7 Å². The first-order valence-corrected chi connectivity index (χ1v) is 5.60. The standard InChI is InChI=1S/C10H17NO2S/c1-8-9(3-5-13-8)14-6-4-10(2,11)7-12/h3,5,12H,4,6-7,11H2,1-2H3. The van der Waals surface area contributed by atoms with Crippen LogP contribution in [0.15, 0.2) is 21.6 Å². The lowest BCUT2D eigenvalue weighted by atomic mass is 10.0. The Labute approximate surface area is 88.7 Å². The Balaban J connectivity index is 2.32. The van der Waals surface area contributed by atoms with Crippen LogP contribution in [0.5, 0.6) is 0 Å². The first-order chi connectivity index (χ1) is 6.55. The Morgan fingerprint density at radius 1 is 1.64 bits per heavy atom. The molecule has 14 heavy (non-hydrogen) atoms. The van der Waals surface area contributed by atoms with Crippen molar-refractivity contribution in [1.82, 2.24) is 0 Å². The molecular weight excluding hydrogens is 198 g/mol. The van der Waals surface area contributed by atoms with Crippen molar-refractivity contribution in [3.8, 4) is 0 Å². The topological polar surface area (TPSA) is 59.4 Å². The molecule has 1 aromatic rings. The minimum absolute atomic E-state index is 0.0257. The summed E-state index contributed by atoms with van der Waals surface area (Å²) in [5.74, 6) is 1.84. The molecule has 1 atom stereocenters. The van der Waals surface area contributed by atoms with Gasteiger partial charge in [-0.05, 0) is 32.1 Å². The van der Waals surface area contributed by atoms with Gasteiger partial charge in [-0.2, -0.15) is 0 Å². The third-order valence-corrected chi connectivity index (χ3v) is 3.25. The molecule has 4 heteroatoms. The van der Waals surface area contributed by atoms with Gasteiger partial charge in [0, 0.05) is 10.4 Å². The van der Waals surface area contributed by atoms with Gasteiger partial charge in [-0.1, -0.05) is 0 Å². The zero-order valence-corrected chi connectivity index (χ0v) is 9.43. The van der Waals surface area contributed by atoms with Crippen LogP contribution in [0, 0.1) is 6.92 Å². The van der Waals surface area contributed by atoms with E-state index < -0.39 is 5.54 Å². The van der Waals surface area contributed by atoms with Gasteiger partial charge in [-0.25, -0.2) is 0 Å². The first kappa shape index (κ1) is 11.6. The molecule has 0 saturated heterocycles. The van der Waals surface area contributed by atoms with Crippen LogP contribution < -0.4 is 5.73 Å². The summed E-state index contributed by atoms with van der Waals surface area (Å²) in [6, 6.07) is 1.95. The molecule has 0 aliphatic heterocycles. The third-order valence-electron chi connectivity index (χ3n) is 2.10. The van der Waals surface area contributed by atoms with E-state index in [9.17, 15) is 0 Å². The van der Waals surface area contributed by atoms with Crippen LogP contribution in [-0.4, -0.2) is 23.0 Å². The van der Waals surface area contributed by atoms with Crippen LogP contribution >= 0.6 is 11.8 Å². The van der Waals surface area contributed by atoms with Gasteiger partial charge < -0.3 is 15.3 Å². The molecule has 0 spiro atoms. The number of furan rings is 1. The molecule has 3 nitrogen and oxygen atoms in total. The Bertz CT molecular complexity index is 283. The zero-order valence-electron chi connectivity index (χ0n) is 8.62. The molecule has 1 unspecified atom stereocenters. The largest absolute Gasteiger partial charge is 0.468 e. The summed E-state index contributed by atoms with van der Waals surface area (Å²) >= 11 is 1.71. The molecule has 1 aromatic heterocycles. The van der Waals surface area contributed by atoms with Crippen molar-refractivity contribution in [2.24, 2.45) is 5.73 Å². The molecule has 80 valence electrons. The Hall–Kier alpha value is -0.450. The molecule has 0 bridgehead atoms. The first-order valence-electron chi connectivity index (χ1n) is 4.62. The SMILES string of the molecule is Cc1occc1SCCC(C)(N)CO. The highest BCUT2D eigenvalue weighted by molar-refractivity contribution is 7.99. The van der Waals surface area contributed by atoms with Gasteiger partial charge in [0.1, 0.15) is 5.76 Å². The smallest absolute Gasteiger partial charge is 0.114 e. The quantitative estimate of drug-likeness (QED) is 0.735. The summed E-state index contributed by atoms with van der Waals surface area (Å²) in [5.41, 5.74) is 5.34. The van der Waals surface area contributed by atoms with Crippen molar-refractivity contribution in [1.29, 1.82) is 0 Å². The molecule has 1 heterocycles. The number of thioether (sulfide) groups is 1. The van der Waals surface area contributed by atoms with Gasteiger partial charge in [0.25, 0.3) is 0 Å². The lowest BCUT2D eigenvalue weighted by Crippen LogP contribution is -2.40. The highest BCUT2D eigenvalue weighted by atomic mass is 32.2. The monoisotopic (exact) mass is 215 g/mol. The fraction of sp³-hybridized carbons (Fsp3) is 0.600. The number of hydrogen-bond donors (Lipinski definition) is 2. The molecule has 0 fully saturated rings. The maximum Gasteiger partial charge on any atom is 0.114 e. The third kappa shape index (κ3) is 3.36.